The number of rotatable bonds is 7. The van der Waals surface area contributed by atoms with Crippen molar-refractivity contribution in [1.29, 1.82) is 0 Å². The molecule has 1 aliphatic rings. The zero-order valence-corrected chi connectivity index (χ0v) is 15.6. The summed E-state index contributed by atoms with van der Waals surface area (Å²) in [7, 11) is 0. The monoisotopic (exact) mass is 390 g/mol. The average molecular weight is 390 g/mol. The molecule has 0 aliphatic carbocycles. The van der Waals surface area contributed by atoms with E-state index >= 15 is 0 Å². The first-order valence-electron chi connectivity index (χ1n) is 9.21. The number of carbonyl (C=O) groups excluding carboxylic acids is 1. The predicted molar refractivity (Wildman–Crippen MR) is 101 cm³/mol. The Bertz CT molecular complexity index is 811. The molecule has 3 rings (SSSR count). The van der Waals surface area contributed by atoms with Gasteiger partial charge < -0.3 is 20.5 Å². The molecule has 3 atom stereocenters. The Hall–Kier alpha value is -2.35. The van der Waals surface area contributed by atoms with Gasteiger partial charge in [0.15, 0.2) is 0 Å². The fraction of sp³-hybridized carbons (Fsp3) is 0.381. The number of ether oxygens (including phenoxy) is 1. The second-order valence-electron chi connectivity index (χ2n) is 7.03. The van der Waals surface area contributed by atoms with Crippen molar-refractivity contribution < 1.29 is 23.4 Å². The summed E-state index contributed by atoms with van der Waals surface area (Å²) in [6, 6.07) is 10.3. The number of amides is 1. The molecular weight excluding hydrogens is 366 g/mol. The number of nitrogens with one attached hydrogen (secondary N) is 2. The Kier molecular flexibility index (Phi) is 6.72. The normalized spacial score (nSPS) is 18.2. The molecule has 1 heterocycles. The summed E-state index contributed by atoms with van der Waals surface area (Å²) >= 11 is 0. The van der Waals surface area contributed by atoms with Crippen molar-refractivity contribution in [3.05, 3.63) is 70.8 Å². The van der Waals surface area contributed by atoms with Gasteiger partial charge in [-0.3, -0.25) is 4.79 Å². The van der Waals surface area contributed by atoms with Crippen LogP contribution in [0.15, 0.2) is 42.5 Å². The van der Waals surface area contributed by atoms with Crippen molar-refractivity contribution in [3.8, 4) is 0 Å². The zero-order chi connectivity index (χ0) is 20.1. The maximum Gasteiger partial charge on any atom is 0.217 e. The summed E-state index contributed by atoms with van der Waals surface area (Å²) in [6.45, 7) is 2.55. The molecule has 0 spiro atoms. The van der Waals surface area contributed by atoms with E-state index in [0.29, 0.717) is 18.8 Å². The van der Waals surface area contributed by atoms with Gasteiger partial charge in [-0.05, 0) is 35.2 Å². The summed E-state index contributed by atoms with van der Waals surface area (Å²) in [5.41, 5.74) is 2.57. The van der Waals surface area contributed by atoms with E-state index < -0.39 is 23.8 Å². The Balaban J connectivity index is 1.66. The molecule has 3 N–H and O–H groups in total. The Labute approximate surface area is 162 Å². The third kappa shape index (κ3) is 5.34. The standard InChI is InChI=1S/C21H24F2N2O3/c1-13(26)25-19(8-14-6-16(22)9-17(23)7-14)21(27)10-24-20-12-28-11-15-4-2-3-5-18(15)20/h2-7,9,19-21,24,27H,8,10-12H2,1H3,(H,25,26). The molecule has 1 aliphatic heterocycles. The number of benzene rings is 2. The second kappa shape index (κ2) is 9.23. The number of hydrogen-bond acceptors (Lipinski definition) is 4. The van der Waals surface area contributed by atoms with Crippen LogP contribution in [0.3, 0.4) is 0 Å². The number of hydrogen-bond donors (Lipinski definition) is 3. The smallest absolute Gasteiger partial charge is 0.217 e. The Morgan fingerprint density at radius 1 is 1.25 bits per heavy atom. The third-order valence-corrected chi connectivity index (χ3v) is 4.78. The van der Waals surface area contributed by atoms with Crippen LogP contribution in [0, 0.1) is 11.6 Å². The van der Waals surface area contributed by atoms with Crippen molar-refractivity contribution in [2.45, 2.75) is 38.1 Å². The van der Waals surface area contributed by atoms with Gasteiger partial charge in [-0.25, -0.2) is 8.78 Å². The minimum absolute atomic E-state index is 0.0795. The van der Waals surface area contributed by atoms with Crippen LogP contribution in [0.4, 0.5) is 8.78 Å². The molecule has 7 heteroatoms. The third-order valence-electron chi connectivity index (χ3n) is 4.78. The minimum atomic E-state index is -0.954. The molecule has 0 fully saturated rings. The maximum absolute atomic E-state index is 13.5. The van der Waals surface area contributed by atoms with Crippen LogP contribution in [0.1, 0.15) is 29.7 Å². The van der Waals surface area contributed by atoms with Crippen molar-refractivity contribution >= 4 is 5.91 Å². The second-order valence-corrected chi connectivity index (χ2v) is 7.03. The zero-order valence-electron chi connectivity index (χ0n) is 15.6. The fourth-order valence-corrected chi connectivity index (χ4v) is 3.48. The molecule has 0 aromatic heterocycles. The molecule has 0 saturated heterocycles. The van der Waals surface area contributed by atoms with E-state index in [9.17, 15) is 18.7 Å². The van der Waals surface area contributed by atoms with Gasteiger partial charge in [0.2, 0.25) is 5.91 Å². The molecule has 2 aromatic carbocycles. The van der Waals surface area contributed by atoms with Crippen molar-refractivity contribution in [1.82, 2.24) is 10.6 Å². The lowest BCUT2D eigenvalue weighted by Gasteiger charge is -2.30. The SMILES string of the molecule is CC(=O)NC(Cc1cc(F)cc(F)c1)C(O)CNC1COCc2ccccc21. The summed E-state index contributed by atoms with van der Waals surface area (Å²) in [6.07, 6.45) is -0.848. The Morgan fingerprint density at radius 2 is 1.96 bits per heavy atom. The summed E-state index contributed by atoms with van der Waals surface area (Å²) < 4.78 is 32.5. The summed E-state index contributed by atoms with van der Waals surface area (Å²) in [5, 5.41) is 16.6. The van der Waals surface area contributed by atoms with Gasteiger partial charge in [0.1, 0.15) is 11.6 Å². The van der Waals surface area contributed by atoms with Crippen LogP contribution >= 0.6 is 0 Å². The van der Waals surface area contributed by atoms with Gasteiger partial charge in [0.05, 0.1) is 31.4 Å². The Morgan fingerprint density at radius 3 is 2.68 bits per heavy atom. The quantitative estimate of drug-likeness (QED) is 0.678. The fourth-order valence-electron chi connectivity index (χ4n) is 3.48. The number of halogens is 2. The largest absolute Gasteiger partial charge is 0.390 e. The maximum atomic E-state index is 13.5. The first-order valence-corrected chi connectivity index (χ1v) is 9.21. The molecule has 1 amide bonds. The van der Waals surface area contributed by atoms with Gasteiger partial charge in [0.25, 0.3) is 0 Å². The summed E-state index contributed by atoms with van der Waals surface area (Å²) in [5.74, 6) is -1.72. The highest BCUT2D eigenvalue weighted by molar-refractivity contribution is 5.73. The van der Waals surface area contributed by atoms with Crippen LogP contribution in [-0.2, 0) is 22.6 Å². The molecular formula is C21H24F2N2O3. The van der Waals surface area contributed by atoms with Crippen LogP contribution in [-0.4, -0.2) is 36.3 Å². The van der Waals surface area contributed by atoms with Gasteiger partial charge in [-0.1, -0.05) is 24.3 Å². The van der Waals surface area contributed by atoms with E-state index in [2.05, 4.69) is 10.6 Å². The van der Waals surface area contributed by atoms with E-state index in [-0.39, 0.29) is 24.9 Å². The van der Waals surface area contributed by atoms with E-state index in [0.717, 1.165) is 17.2 Å². The summed E-state index contributed by atoms with van der Waals surface area (Å²) in [4.78, 5) is 11.5. The lowest BCUT2D eigenvalue weighted by Crippen LogP contribution is -2.49. The molecule has 0 radical (unpaired) electrons. The van der Waals surface area contributed by atoms with Crippen LogP contribution < -0.4 is 10.6 Å². The van der Waals surface area contributed by atoms with Crippen LogP contribution in [0.25, 0.3) is 0 Å². The molecule has 28 heavy (non-hydrogen) atoms. The van der Waals surface area contributed by atoms with Crippen LogP contribution in [0.5, 0.6) is 0 Å². The van der Waals surface area contributed by atoms with Crippen molar-refractivity contribution in [2.24, 2.45) is 0 Å². The molecule has 0 bridgehead atoms. The predicted octanol–water partition coefficient (Wildman–Crippen LogP) is 2.23. The lowest BCUT2D eigenvalue weighted by molar-refractivity contribution is -0.120. The lowest BCUT2D eigenvalue weighted by atomic mass is 9.97. The molecule has 150 valence electrons. The molecule has 2 aromatic rings. The number of aliphatic hydroxyl groups is 1. The highest BCUT2D eigenvalue weighted by Crippen LogP contribution is 2.24. The van der Waals surface area contributed by atoms with Gasteiger partial charge >= 0.3 is 0 Å². The van der Waals surface area contributed by atoms with E-state index in [4.69, 9.17) is 4.74 Å². The molecule has 5 nitrogen and oxygen atoms in total. The average Bonchev–Trinajstić information content (AvgIpc) is 2.64. The van der Waals surface area contributed by atoms with E-state index in [1.165, 1.54) is 19.1 Å². The van der Waals surface area contributed by atoms with E-state index in [1.54, 1.807) is 0 Å². The number of aliphatic hydroxyl groups excluding tert-OH is 1. The van der Waals surface area contributed by atoms with Crippen molar-refractivity contribution in [2.75, 3.05) is 13.2 Å². The first-order chi connectivity index (χ1) is 13.4. The van der Waals surface area contributed by atoms with Gasteiger partial charge in [-0.2, -0.15) is 0 Å². The molecule has 3 unspecified atom stereocenters. The van der Waals surface area contributed by atoms with Crippen molar-refractivity contribution in [3.63, 3.8) is 0 Å². The highest BCUT2D eigenvalue weighted by Gasteiger charge is 2.25. The number of fused-ring (bicyclic) bond motifs is 1. The van der Waals surface area contributed by atoms with E-state index in [1.807, 2.05) is 24.3 Å². The highest BCUT2D eigenvalue weighted by atomic mass is 19.1. The van der Waals surface area contributed by atoms with Gasteiger partial charge in [0, 0.05) is 19.5 Å². The topological polar surface area (TPSA) is 70.6 Å². The number of carbonyl (C=O) groups is 1. The first kappa shape index (κ1) is 20.4. The minimum Gasteiger partial charge on any atom is -0.390 e. The van der Waals surface area contributed by atoms with Gasteiger partial charge in [-0.15, -0.1) is 0 Å². The van der Waals surface area contributed by atoms with Crippen LogP contribution in [0.2, 0.25) is 0 Å². The molecule has 0 saturated carbocycles.